The monoisotopic (exact) mass is 403 g/mol. The van der Waals surface area contributed by atoms with Crippen LogP contribution in [0.1, 0.15) is 16.7 Å². The molecule has 2 aromatic carbocycles. The van der Waals surface area contributed by atoms with E-state index in [1.807, 2.05) is 0 Å². The zero-order valence-electron chi connectivity index (χ0n) is 13.4. The molecule has 0 spiro atoms. The van der Waals surface area contributed by atoms with Gasteiger partial charge in [0.2, 0.25) is 0 Å². The van der Waals surface area contributed by atoms with Crippen molar-refractivity contribution in [3.63, 3.8) is 0 Å². The van der Waals surface area contributed by atoms with Gasteiger partial charge in [0.15, 0.2) is 5.16 Å². The lowest BCUT2D eigenvalue weighted by molar-refractivity contribution is -0.138. The summed E-state index contributed by atoms with van der Waals surface area (Å²) in [5.74, 6) is 0.287. The van der Waals surface area contributed by atoms with Crippen molar-refractivity contribution in [1.29, 1.82) is 0 Å². The smallest absolute Gasteiger partial charge is 0.277 e. The largest absolute Gasteiger partial charge is 0.416 e. The van der Waals surface area contributed by atoms with Crippen molar-refractivity contribution in [1.82, 2.24) is 14.8 Å². The molecule has 3 nitrogen and oxygen atoms in total. The van der Waals surface area contributed by atoms with Gasteiger partial charge in [0.1, 0.15) is 6.33 Å². The third kappa shape index (κ3) is 4.62. The number of halogens is 6. The summed E-state index contributed by atoms with van der Waals surface area (Å²) in [7, 11) is 0. The van der Waals surface area contributed by atoms with Crippen LogP contribution in [-0.2, 0) is 18.1 Å². The highest BCUT2D eigenvalue weighted by Gasteiger charge is 2.31. The third-order valence-electron chi connectivity index (χ3n) is 3.62. The van der Waals surface area contributed by atoms with Crippen LogP contribution in [0, 0.1) is 0 Å². The number of thioether (sulfide) groups is 1. The van der Waals surface area contributed by atoms with Crippen molar-refractivity contribution in [2.24, 2.45) is 0 Å². The van der Waals surface area contributed by atoms with Crippen LogP contribution in [0.15, 0.2) is 60.0 Å². The maximum absolute atomic E-state index is 12.9. The molecular weight excluding hydrogens is 392 g/mol. The van der Waals surface area contributed by atoms with E-state index in [2.05, 4.69) is 10.2 Å². The molecule has 1 aromatic heterocycles. The molecule has 27 heavy (non-hydrogen) atoms. The highest BCUT2D eigenvalue weighted by molar-refractivity contribution is 7.98. The second-order valence-corrected chi connectivity index (χ2v) is 6.46. The van der Waals surface area contributed by atoms with Crippen LogP contribution in [0.4, 0.5) is 26.3 Å². The minimum absolute atomic E-state index is 0.241. The fourth-order valence-electron chi connectivity index (χ4n) is 2.27. The summed E-state index contributed by atoms with van der Waals surface area (Å²) in [6.07, 6.45) is -7.60. The molecule has 0 saturated heterocycles. The van der Waals surface area contributed by atoms with Gasteiger partial charge in [-0.3, -0.25) is 4.57 Å². The molecule has 0 unspecified atom stereocenters. The van der Waals surface area contributed by atoms with Gasteiger partial charge >= 0.3 is 12.4 Å². The minimum Gasteiger partial charge on any atom is -0.277 e. The molecule has 142 valence electrons. The molecule has 0 bridgehead atoms. The van der Waals surface area contributed by atoms with Gasteiger partial charge < -0.3 is 0 Å². The van der Waals surface area contributed by atoms with E-state index in [9.17, 15) is 26.3 Å². The SMILES string of the molecule is FC(F)(F)c1ccc(CSc2nncn2-c2cccc(C(F)(F)F)c2)cc1. The lowest BCUT2D eigenvalue weighted by Gasteiger charge is -2.11. The maximum Gasteiger partial charge on any atom is 0.416 e. The van der Waals surface area contributed by atoms with Gasteiger partial charge in [-0.25, -0.2) is 0 Å². The van der Waals surface area contributed by atoms with Crippen LogP contribution in [0.2, 0.25) is 0 Å². The Hall–Kier alpha value is -2.49. The first-order valence-electron chi connectivity index (χ1n) is 7.51. The summed E-state index contributed by atoms with van der Waals surface area (Å²) >= 11 is 1.16. The van der Waals surface area contributed by atoms with E-state index < -0.39 is 23.5 Å². The summed E-state index contributed by atoms with van der Waals surface area (Å²) in [5.41, 5.74) is -0.688. The Kier molecular flexibility index (Phi) is 5.18. The molecule has 0 amide bonds. The second kappa shape index (κ2) is 7.26. The molecular formula is C17H11F6N3S. The lowest BCUT2D eigenvalue weighted by atomic mass is 10.1. The number of alkyl halides is 6. The van der Waals surface area contributed by atoms with Gasteiger partial charge in [-0.05, 0) is 35.9 Å². The van der Waals surface area contributed by atoms with Gasteiger partial charge in [-0.15, -0.1) is 10.2 Å². The Labute approximate surface area is 154 Å². The topological polar surface area (TPSA) is 30.7 Å². The predicted molar refractivity (Wildman–Crippen MR) is 87.4 cm³/mol. The first kappa shape index (κ1) is 19.3. The molecule has 0 aliphatic heterocycles. The van der Waals surface area contributed by atoms with Crippen molar-refractivity contribution in [3.05, 3.63) is 71.5 Å². The molecule has 0 fully saturated rings. The average Bonchev–Trinajstić information content (AvgIpc) is 3.07. The van der Waals surface area contributed by atoms with Crippen molar-refractivity contribution < 1.29 is 26.3 Å². The molecule has 0 saturated carbocycles. The maximum atomic E-state index is 12.9. The molecule has 0 N–H and O–H groups in total. The van der Waals surface area contributed by atoms with E-state index in [0.717, 1.165) is 36.0 Å². The standard InChI is InChI=1S/C17H11F6N3S/c18-16(19,20)12-6-4-11(5-7-12)9-27-15-25-24-10-26(15)14-3-1-2-13(8-14)17(21,22)23/h1-8,10H,9H2. The van der Waals surface area contributed by atoms with E-state index >= 15 is 0 Å². The fraction of sp³-hybridized carbons (Fsp3) is 0.176. The number of benzene rings is 2. The summed E-state index contributed by atoms with van der Waals surface area (Å²) in [5, 5.41) is 7.91. The van der Waals surface area contributed by atoms with Gasteiger partial charge in [0.05, 0.1) is 11.1 Å². The number of rotatable bonds is 4. The zero-order chi connectivity index (χ0) is 19.7. The molecule has 10 heteroatoms. The predicted octanol–water partition coefficient (Wildman–Crippen LogP) is 5.60. The Balaban J connectivity index is 1.76. The average molecular weight is 403 g/mol. The van der Waals surface area contributed by atoms with Crippen LogP contribution < -0.4 is 0 Å². The van der Waals surface area contributed by atoms with Gasteiger partial charge in [0.25, 0.3) is 0 Å². The highest BCUT2D eigenvalue weighted by atomic mass is 32.2. The first-order valence-corrected chi connectivity index (χ1v) is 8.50. The van der Waals surface area contributed by atoms with Crippen LogP contribution in [-0.4, -0.2) is 14.8 Å². The van der Waals surface area contributed by atoms with E-state index in [1.54, 1.807) is 0 Å². The quantitative estimate of drug-likeness (QED) is 0.420. The van der Waals surface area contributed by atoms with Crippen molar-refractivity contribution in [3.8, 4) is 5.69 Å². The summed E-state index contributed by atoms with van der Waals surface area (Å²) in [6, 6.07) is 9.36. The molecule has 3 rings (SSSR count). The molecule has 1 heterocycles. The summed E-state index contributed by atoms with van der Waals surface area (Å²) < 4.78 is 77.7. The molecule has 0 aliphatic rings. The Morgan fingerprint density at radius 1 is 0.852 bits per heavy atom. The van der Waals surface area contributed by atoms with Crippen molar-refractivity contribution in [2.45, 2.75) is 23.3 Å². The molecule has 3 aromatic rings. The van der Waals surface area contributed by atoms with Gasteiger partial charge in [-0.2, -0.15) is 26.3 Å². The summed E-state index contributed by atoms with van der Waals surface area (Å²) in [6.45, 7) is 0. The van der Waals surface area contributed by atoms with Crippen molar-refractivity contribution >= 4 is 11.8 Å². The molecule has 0 radical (unpaired) electrons. The zero-order valence-corrected chi connectivity index (χ0v) is 14.2. The van der Waals surface area contributed by atoms with E-state index in [0.29, 0.717) is 10.7 Å². The Morgan fingerprint density at radius 3 is 2.15 bits per heavy atom. The fourth-order valence-corrected chi connectivity index (χ4v) is 3.15. The summed E-state index contributed by atoms with van der Waals surface area (Å²) in [4.78, 5) is 0. The lowest BCUT2D eigenvalue weighted by Crippen LogP contribution is -2.06. The number of aromatic nitrogens is 3. The van der Waals surface area contributed by atoms with E-state index in [4.69, 9.17) is 0 Å². The minimum atomic E-state index is -4.47. The Bertz CT molecular complexity index is 915. The number of hydrogen-bond acceptors (Lipinski definition) is 3. The van der Waals surface area contributed by atoms with Gasteiger partial charge in [-0.1, -0.05) is 30.0 Å². The number of nitrogens with zero attached hydrogens (tertiary/aromatic N) is 3. The Morgan fingerprint density at radius 2 is 1.52 bits per heavy atom. The van der Waals surface area contributed by atoms with Crippen LogP contribution in [0.3, 0.4) is 0 Å². The first-order chi connectivity index (χ1) is 12.6. The van der Waals surface area contributed by atoms with E-state index in [1.165, 1.54) is 35.2 Å². The van der Waals surface area contributed by atoms with Crippen LogP contribution >= 0.6 is 11.8 Å². The highest BCUT2D eigenvalue weighted by Crippen LogP contribution is 2.32. The number of hydrogen-bond donors (Lipinski definition) is 0. The molecule has 0 atom stereocenters. The third-order valence-corrected chi connectivity index (χ3v) is 4.63. The van der Waals surface area contributed by atoms with Crippen molar-refractivity contribution in [2.75, 3.05) is 0 Å². The normalized spacial score (nSPS) is 12.4. The van der Waals surface area contributed by atoms with Crippen LogP contribution in [0.25, 0.3) is 5.69 Å². The van der Waals surface area contributed by atoms with Gasteiger partial charge in [0, 0.05) is 11.4 Å². The molecule has 0 aliphatic carbocycles. The van der Waals surface area contributed by atoms with Crippen LogP contribution in [0.5, 0.6) is 0 Å². The second-order valence-electron chi connectivity index (χ2n) is 5.51. The van der Waals surface area contributed by atoms with E-state index in [-0.39, 0.29) is 11.4 Å².